The lowest BCUT2D eigenvalue weighted by atomic mass is 9.95. The number of aromatic nitrogens is 4. The van der Waals surface area contributed by atoms with Gasteiger partial charge in [0.15, 0.2) is 6.61 Å². The summed E-state index contributed by atoms with van der Waals surface area (Å²) in [6.07, 6.45) is 2.05. The molecule has 6 heteroatoms. The molecule has 0 bridgehead atoms. The van der Waals surface area contributed by atoms with Crippen LogP contribution in [0.5, 0.6) is 5.75 Å². The number of nitrogens with one attached hydrogen (secondary N) is 1. The highest BCUT2D eigenvalue weighted by Gasteiger charge is 2.14. The average Bonchev–Trinajstić information content (AvgIpc) is 3.43. The zero-order chi connectivity index (χ0) is 22.7. The second kappa shape index (κ2) is 9.55. The van der Waals surface area contributed by atoms with Crippen LogP contribution in [-0.2, 0) is 13.0 Å². The van der Waals surface area contributed by atoms with Gasteiger partial charge in [0, 0.05) is 12.0 Å². The minimum atomic E-state index is 0.235. The molecule has 2 atom stereocenters. The number of aromatic amines is 1. The number of imidazole rings is 1. The molecule has 0 aliphatic heterocycles. The van der Waals surface area contributed by atoms with Crippen LogP contribution in [0.25, 0.3) is 22.4 Å². The van der Waals surface area contributed by atoms with Crippen molar-refractivity contribution in [2.45, 2.75) is 60.0 Å². The molecule has 0 saturated carbocycles. The van der Waals surface area contributed by atoms with Crippen LogP contribution in [0.1, 0.15) is 64.2 Å². The summed E-state index contributed by atoms with van der Waals surface area (Å²) in [7, 11) is 0. The summed E-state index contributed by atoms with van der Waals surface area (Å²) >= 11 is 0. The summed E-state index contributed by atoms with van der Waals surface area (Å²) in [5, 5.41) is 4.13. The number of hydrogen-bond acceptors (Lipinski definition) is 5. The Morgan fingerprint density at radius 3 is 2.50 bits per heavy atom. The van der Waals surface area contributed by atoms with Crippen LogP contribution in [0.3, 0.4) is 0 Å². The number of fused-ring (bicyclic) bond motifs is 1. The van der Waals surface area contributed by atoms with E-state index in [1.54, 1.807) is 0 Å². The molecule has 2 aromatic heterocycles. The molecule has 0 fully saturated rings. The van der Waals surface area contributed by atoms with Gasteiger partial charge in [-0.2, -0.15) is 4.98 Å². The minimum Gasteiger partial charge on any atom is -0.484 e. The van der Waals surface area contributed by atoms with Crippen molar-refractivity contribution in [2.24, 2.45) is 11.8 Å². The molecular formula is C26H32N4O2. The Labute approximate surface area is 189 Å². The quantitative estimate of drug-likeness (QED) is 0.325. The molecular weight excluding hydrogens is 400 g/mol. The van der Waals surface area contributed by atoms with E-state index in [4.69, 9.17) is 14.2 Å². The zero-order valence-corrected chi connectivity index (χ0v) is 19.6. The van der Waals surface area contributed by atoms with Crippen LogP contribution < -0.4 is 4.74 Å². The summed E-state index contributed by atoms with van der Waals surface area (Å²) in [6.45, 7) is 11.4. The first-order valence-electron chi connectivity index (χ1n) is 11.5. The third-order valence-electron chi connectivity index (χ3n) is 6.33. The molecule has 0 spiro atoms. The van der Waals surface area contributed by atoms with Crippen molar-refractivity contribution >= 4 is 11.0 Å². The highest BCUT2D eigenvalue weighted by Crippen LogP contribution is 2.24. The van der Waals surface area contributed by atoms with Crippen LogP contribution in [0.2, 0.25) is 0 Å². The molecule has 0 amide bonds. The predicted molar refractivity (Wildman–Crippen MR) is 127 cm³/mol. The number of ether oxygens (including phenoxy) is 1. The van der Waals surface area contributed by atoms with Crippen LogP contribution in [0.4, 0.5) is 0 Å². The fourth-order valence-corrected chi connectivity index (χ4v) is 3.54. The van der Waals surface area contributed by atoms with E-state index in [0.717, 1.165) is 41.0 Å². The highest BCUT2D eigenvalue weighted by atomic mass is 16.5. The maximum absolute atomic E-state index is 5.83. The molecule has 0 saturated heterocycles. The fraction of sp³-hybridized carbons (Fsp3) is 0.423. The SMILES string of the molecule is CCC(C)c1ccc(OCc2nc(-c3ccc4nc(CC(C)C(C)C)[nH]c4c3)no2)cc1. The average molecular weight is 433 g/mol. The van der Waals surface area contributed by atoms with E-state index in [9.17, 15) is 0 Å². The van der Waals surface area contributed by atoms with Gasteiger partial charge < -0.3 is 14.2 Å². The number of hydrogen-bond donors (Lipinski definition) is 1. The first-order chi connectivity index (χ1) is 15.4. The summed E-state index contributed by atoms with van der Waals surface area (Å²) in [6, 6.07) is 14.2. The van der Waals surface area contributed by atoms with Gasteiger partial charge in [-0.25, -0.2) is 4.98 Å². The van der Waals surface area contributed by atoms with Crippen molar-refractivity contribution < 1.29 is 9.26 Å². The standard InChI is InChI=1S/C26H32N4O2/c1-6-17(4)19-7-10-21(11-8-19)31-15-25-29-26(30-32-25)20-9-12-22-23(14-20)28-24(27-22)13-18(5)16(2)3/h7-12,14,16-18H,6,13,15H2,1-5H3,(H,27,28). The Balaban J connectivity index is 1.42. The molecule has 6 nitrogen and oxygen atoms in total. The molecule has 0 radical (unpaired) electrons. The predicted octanol–water partition coefficient (Wildman–Crippen LogP) is 6.54. The van der Waals surface area contributed by atoms with Gasteiger partial charge in [-0.3, -0.25) is 0 Å². The third kappa shape index (κ3) is 5.01. The molecule has 2 heterocycles. The molecule has 168 valence electrons. The van der Waals surface area contributed by atoms with Gasteiger partial charge in [0.2, 0.25) is 5.82 Å². The summed E-state index contributed by atoms with van der Waals surface area (Å²) in [4.78, 5) is 12.7. The van der Waals surface area contributed by atoms with Gasteiger partial charge in [-0.1, -0.05) is 51.9 Å². The van der Waals surface area contributed by atoms with Gasteiger partial charge in [0.1, 0.15) is 11.6 Å². The molecule has 32 heavy (non-hydrogen) atoms. The van der Waals surface area contributed by atoms with Crippen molar-refractivity contribution in [3.8, 4) is 17.1 Å². The monoisotopic (exact) mass is 432 g/mol. The summed E-state index contributed by atoms with van der Waals surface area (Å²) in [5.41, 5.74) is 4.14. The van der Waals surface area contributed by atoms with Crippen LogP contribution in [-0.4, -0.2) is 20.1 Å². The molecule has 2 unspecified atom stereocenters. The Hall–Kier alpha value is -3.15. The fourth-order valence-electron chi connectivity index (χ4n) is 3.54. The van der Waals surface area contributed by atoms with E-state index in [-0.39, 0.29) is 6.61 Å². The van der Waals surface area contributed by atoms with Crippen molar-refractivity contribution in [3.63, 3.8) is 0 Å². The number of nitrogens with zero attached hydrogens (tertiary/aromatic N) is 3. The van der Waals surface area contributed by atoms with E-state index < -0.39 is 0 Å². The molecule has 4 aromatic rings. The van der Waals surface area contributed by atoms with E-state index >= 15 is 0 Å². The maximum Gasteiger partial charge on any atom is 0.264 e. The van der Waals surface area contributed by atoms with Gasteiger partial charge in [-0.05, 0) is 60.1 Å². The Morgan fingerprint density at radius 2 is 1.78 bits per heavy atom. The van der Waals surface area contributed by atoms with Gasteiger partial charge in [0.05, 0.1) is 11.0 Å². The summed E-state index contributed by atoms with van der Waals surface area (Å²) < 4.78 is 11.2. The second-order valence-electron chi connectivity index (χ2n) is 9.02. The van der Waals surface area contributed by atoms with Gasteiger partial charge >= 0.3 is 0 Å². The lowest BCUT2D eigenvalue weighted by Gasteiger charge is -2.12. The molecule has 0 aliphatic carbocycles. The number of H-pyrrole nitrogens is 1. The van der Waals surface area contributed by atoms with E-state index in [0.29, 0.717) is 29.5 Å². The Morgan fingerprint density at radius 1 is 1.00 bits per heavy atom. The number of rotatable bonds is 9. The van der Waals surface area contributed by atoms with Crippen molar-refractivity contribution in [3.05, 3.63) is 59.7 Å². The minimum absolute atomic E-state index is 0.235. The molecule has 0 aliphatic rings. The van der Waals surface area contributed by atoms with Gasteiger partial charge in [-0.15, -0.1) is 0 Å². The Bertz CT molecular complexity index is 1160. The zero-order valence-electron chi connectivity index (χ0n) is 19.6. The first kappa shape index (κ1) is 22.1. The van der Waals surface area contributed by atoms with E-state index in [1.165, 1.54) is 5.56 Å². The largest absolute Gasteiger partial charge is 0.484 e. The van der Waals surface area contributed by atoms with Crippen LogP contribution in [0.15, 0.2) is 47.0 Å². The summed E-state index contributed by atoms with van der Waals surface area (Å²) in [5.74, 6) is 4.53. The normalized spacial score (nSPS) is 13.6. The maximum atomic E-state index is 5.83. The second-order valence-corrected chi connectivity index (χ2v) is 9.02. The van der Waals surface area contributed by atoms with E-state index in [1.807, 2.05) is 30.3 Å². The lowest BCUT2D eigenvalue weighted by Crippen LogP contribution is -2.08. The topological polar surface area (TPSA) is 76.8 Å². The third-order valence-corrected chi connectivity index (χ3v) is 6.33. The molecule has 2 aromatic carbocycles. The lowest BCUT2D eigenvalue weighted by molar-refractivity contribution is 0.243. The molecule has 1 N–H and O–H groups in total. The first-order valence-corrected chi connectivity index (χ1v) is 11.5. The van der Waals surface area contributed by atoms with Crippen LogP contribution in [0, 0.1) is 11.8 Å². The molecule has 4 rings (SSSR count). The number of benzene rings is 2. The van der Waals surface area contributed by atoms with Crippen molar-refractivity contribution in [2.75, 3.05) is 0 Å². The van der Waals surface area contributed by atoms with Crippen molar-refractivity contribution in [1.82, 2.24) is 20.1 Å². The van der Waals surface area contributed by atoms with E-state index in [2.05, 4.69) is 61.9 Å². The highest BCUT2D eigenvalue weighted by molar-refractivity contribution is 5.80. The van der Waals surface area contributed by atoms with Crippen molar-refractivity contribution in [1.29, 1.82) is 0 Å². The smallest absolute Gasteiger partial charge is 0.264 e. The van der Waals surface area contributed by atoms with Crippen LogP contribution >= 0.6 is 0 Å². The van der Waals surface area contributed by atoms with Gasteiger partial charge in [0.25, 0.3) is 5.89 Å². The Kier molecular flexibility index (Phi) is 6.58.